The summed E-state index contributed by atoms with van der Waals surface area (Å²) in [6.07, 6.45) is -2.53. The molecule has 1 heterocycles. The molecule has 6 heteroatoms. The van der Waals surface area contributed by atoms with E-state index in [2.05, 4.69) is 4.74 Å². The van der Waals surface area contributed by atoms with Crippen LogP contribution in [-0.2, 0) is 9.53 Å². The van der Waals surface area contributed by atoms with Gasteiger partial charge in [0.1, 0.15) is 5.70 Å². The maximum absolute atomic E-state index is 12.7. The lowest BCUT2D eigenvalue weighted by molar-refractivity contribution is -0.139. The molecule has 0 bridgehead atoms. The lowest BCUT2D eigenvalue weighted by atomic mass is 10.3. The summed E-state index contributed by atoms with van der Waals surface area (Å²) in [6.45, 7) is 2.30. The normalized spacial score (nSPS) is 17.8. The van der Waals surface area contributed by atoms with Gasteiger partial charge in [0.05, 0.1) is 12.7 Å². The lowest BCUT2D eigenvalue weighted by Gasteiger charge is -2.23. The number of alkyl halides is 3. The van der Waals surface area contributed by atoms with Gasteiger partial charge in [-0.05, 0) is 19.8 Å². The Morgan fingerprint density at radius 1 is 1.38 bits per heavy atom. The summed E-state index contributed by atoms with van der Waals surface area (Å²) >= 11 is 0. The van der Waals surface area contributed by atoms with Crippen LogP contribution in [0.25, 0.3) is 0 Å². The number of hydrogen-bond acceptors (Lipinski definition) is 3. The van der Waals surface area contributed by atoms with E-state index >= 15 is 0 Å². The van der Waals surface area contributed by atoms with E-state index < -0.39 is 17.8 Å². The number of carbonyl (C=O) groups is 1. The zero-order valence-electron chi connectivity index (χ0n) is 9.01. The third-order valence-electron chi connectivity index (χ3n) is 2.28. The van der Waals surface area contributed by atoms with Gasteiger partial charge in [0.25, 0.3) is 0 Å². The number of likely N-dealkylation sites (tertiary alicyclic amines) is 1. The van der Waals surface area contributed by atoms with E-state index in [-0.39, 0.29) is 6.61 Å². The fraction of sp³-hybridized carbons (Fsp3) is 0.700. The van der Waals surface area contributed by atoms with Crippen molar-refractivity contribution < 1.29 is 22.7 Å². The minimum atomic E-state index is -4.50. The van der Waals surface area contributed by atoms with E-state index in [1.54, 1.807) is 6.92 Å². The molecule has 0 spiro atoms. The Kier molecular flexibility index (Phi) is 4.20. The summed E-state index contributed by atoms with van der Waals surface area (Å²) in [4.78, 5) is 12.2. The fourth-order valence-corrected chi connectivity index (χ4v) is 1.61. The minimum Gasteiger partial charge on any atom is -0.463 e. The van der Waals surface area contributed by atoms with Crippen LogP contribution < -0.4 is 0 Å². The van der Waals surface area contributed by atoms with Crippen LogP contribution in [0.4, 0.5) is 13.2 Å². The molecule has 0 atom stereocenters. The summed E-state index contributed by atoms with van der Waals surface area (Å²) in [5.74, 6) is -0.943. The van der Waals surface area contributed by atoms with Crippen molar-refractivity contribution in [2.75, 3.05) is 19.7 Å². The molecule has 1 rings (SSSR count). The Balaban J connectivity index is 2.82. The van der Waals surface area contributed by atoms with E-state index in [9.17, 15) is 18.0 Å². The molecular weight excluding hydrogens is 223 g/mol. The van der Waals surface area contributed by atoms with Gasteiger partial charge >= 0.3 is 12.1 Å². The third-order valence-corrected chi connectivity index (χ3v) is 2.28. The Labute approximate surface area is 91.9 Å². The third kappa shape index (κ3) is 3.43. The van der Waals surface area contributed by atoms with Crippen molar-refractivity contribution in [1.29, 1.82) is 0 Å². The molecule has 1 aliphatic rings. The standard InChI is InChI=1S/C10H14F3NO2/c1-2-16-9(15)7-8(10(11,12)13)14-5-3-4-6-14/h7H,2-6H2,1H3. The molecule has 0 amide bonds. The fourth-order valence-electron chi connectivity index (χ4n) is 1.61. The van der Waals surface area contributed by atoms with Gasteiger partial charge in [-0.1, -0.05) is 0 Å². The molecule has 0 N–H and O–H groups in total. The average molecular weight is 237 g/mol. The van der Waals surface area contributed by atoms with Gasteiger partial charge in [-0.2, -0.15) is 13.2 Å². The first-order valence-electron chi connectivity index (χ1n) is 5.15. The molecule has 1 aliphatic heterocycles. The monoisotopic (exact) mass is 237 g/mol. The number of carbonyl (C=O) groups excluding carboxylic acids is 1. The van der Waals surface area contributed by atoms with Crippen LogP contribution in [0, 0.1) is 0 Å². The van der Waals surface area contributed by atoms with Crippen LogP contribution >= 0.6 is 0 Å². The van der Waals surface area contributed by atoms with Crippen LogP contribution in [0.5, 0.6) is 0 Å². The number of halogens is 3. The number of allylic oxidation sites excluding steroid dienone is 1. The van der Waals surface area contributed by atoms with Crippen molar-refractivity contribution >= 4 is 5.97 Å². The Morgan fingerprint density at radius 3 is 2.38 bits per heavy atom. The predicted octanol–water partition coefficient (Wildman–Crippen LogP) is 2.09. The van der Waals surface area contributed by atoms with Crippen LogP contribution in [0.1, 0.15) is 19.8 Å². The molecule has 0 aliphatic carbocycles. The summed E-state index contributed by atoms with van der Waals surface area (Å²) < 4.78 is 42.4. The van der Waals surface area contributed by atoms with E-state index in [0.29, 0.717) is 19.2 Å². The zero-order chi connectivity index (χ0) is 12.2. The van der Waals surface area contributed by atoms with Gasteiger partial charge in [-0.25, -0.2) is 4.79 Å². The Hall–Kier alpha value is -1.20. The quantitative estimate of drug-likeness (QED) is 0.556. The maximum Gasteiger partial charge on any atom is 0.431 e. The first-order valence-corrected chi connectivity index (χ1v) is 5.15. The van der Waals surface area contributed by atoms with Gasteiger partial charge in [0.15, 0.2) is 0 Å². The zero-order valence-corrected chi connectivity index (χ0v) is 9.01. The molecule has 0 unspecified atom stereocenters. The van der Waals surface area contributed by atoms with E-state index in [1.807, 2.05) is 0 Å². The van der Waals surface area contributed by atoms with Crippen molar-refractivity contribution in [2.45, 2.75) is 25.9 Å². The SMILES string of the molecule is CCOC(=O)C=C(N1CCCC1)C(F)(F)F. The molecule has 0 saturated carbocycles. The Morgan fingerprint density at radius 2 is 1.94 bits per heavy atom. The molecule has 0 aromatic rings. The maximum atomic E-state index is 12.7. The van der Waals surface area contributed by atoms with Gasteiger partial charge in [-0.15, -0.1) is 0 Å². The minimum absolute atomic E-state index is 0.0699. The lowest BCUT2D eigenvalue weighted by Crippen LogP contribution is -2.30. The van der Waals surface area contributed by atoms with Crippen LogP contribution in [-0.4, -0.2) is 36.7 Å². The van der Waals surface area contributed by atoms with Gasteiger partial charge in [0, 0.05) is 13.1 Å². The second kappa shape index (κ2) is 5.23. The molecular formula is C10H14F3NO2. The smallest absolute Gasteiger partial charge is 0.431 e. The second-order valence-electron chi connectivity index (χ2n) is 3.47. The molecule has 92 valence electrons. The summed E-state index contributed by atoms with van der Waals surface area (Å²) in [5, 5.41) is 0. The van der Waals surface area contributed by atoms with Gasteiger partial charge < -0.3 is 9.64 Å². The number of ether oxygens (including phenoxy) is 1. The summed E-state index contributed by atoms with van der Waals surface area (Å²) in [6, 6.07) is 0. The molecule has 3 nitrogen and oxygen atoms in total. The van der Waals surface area contributed by atoms with E-state index in [4.69, 9.17) is 0 Å². The first kappa shape index (κ1) is 12.9. The largest absolute Gasteiger partial charge is 0.463 e. The summed E-state index contributed by atoms with van der Waals surface area (Å²) in [7, 11) is 0. The van der Waals surface area contributed by atoms with Crippen molar-refractivity contribution in [1.82, 2.24) is 4.90 Å². The number of nitrogens with zero attached hydrogens (tertiary/aromatic N) is 1. The molecule has 0 radical (unpaired) electrons. The van der Waals surface area contributed by atoms with Crippen LogP contribution in [0.2, 0.25) is 0 Å². The highest BCUT2D eigenvalue weighted by Crippen LogP contribution is 2.30. The topological polar surface area (TPSA) is 29.5 Å². The summed E-state index contributed by atoms with van der Waals surface area (Å²) in [5.41, 5.74) is -0.900. The molecule has 1 saturated heterocycles. The average Bonchev–Trinajstić information content (AvgIpc) is 2.65. The molecule has 0 aromatic carbocycles. The van der Waals surface area contributed by atoms with Crippen LogP contribution in [0.3, 0.4) is 0 Å². The first-order chi connectivity index (χ1) is 7.45. The predicted molar refractivity (Wildman–Crippen MR) is 51.6 cm³/mol. The molecule has 1 fully saturated rings. The van der Waals surface area contributed by atoms with E-state index in [0.717, 1.165) is 12.8 Å². The van der Waals surface area contributed by atoms with Crippen molar-refractivity contribution in [2.24, 2.45) is 0 Å². The number of rotatable bonds is 3. The highest BCUT2D eigenvalue weighted by molar-refractivity contribution is 5.82. The van der Waals surface area contributed by atoms with Crippen molar-refractivity contribution in [3.05, 3.63) is 11.8 Å². The van der Waals surface area contributed by atoms with Gasteiger partial charge in [0.2, 0.25) is 0 Å². The number of hydrogen-bond donors (Lipinski definition) is 0. The number of esters is 1. The van der Waals surface area contributed by atoms with Crippen molar-refractivity contribution in [3.63, 3.8) is 0 Å². The molecule has 0 aromatic heterocycles. The highest BCUT2D eigenvalue weighted by Gasteiger charge is 2.39. The van der Waals surface area contributed by atoms with E-state index in [1.165, 1.54) is 4.90 Å². The Bertz CT molecular complexity index is 280. The van der Waals surface area contributed by atoms with Crippen LogP contribution in [0.15, 0.2) is 11.8 Å². The van der Waals surface area contributed by atoms with Crippen molar-refractivity contribution in [3.8, 4) is 0 Å². The molecule has 16 heavy (non-hydrogen) atoms. The van der Waals surface area contributed by atoms with Gasteiger partial charge in [-0.3, -0.25) is 0 Å². The highest BCUT2D eigenvalue weighted by atomic mass is 19.4. The second-order valence-corrected chi connectivity index (χ2v) is 3.47.